The van der Waals surface area contributed by atoms with Crippen LogP contribution in [0.25, 0.3) is 0 Å². The fourth-order valence-corrected chi connectivity index (χ4v) is 5.60. The molecule has 1 aliphatic heterocycles. The number of carbonyl (C=O) groups is 4. The molecule has 226 valence electrons. The van der Waals surface area contributed by atoms with Gasteiger partial charge in [-0.15, -0.1) is 0 Å². The number of nitrogens with one attached hydrogen (secondary N) is 3. The number of hydrogen-bond acceptors (Lipinski definition) is 6. The number of benzene rings is 2. The summed E-state index contributed by atoms with van der Waals surface area (Å²) < 4.78 is 10.5. The van der Waals surface area contributed by atoms with Gasteiger partial charge in [0.1, 0.15) is 18.6 Å². The lowest BCUT2D eigenvalue weighted by Gasteiger charge is -2.37. The fourth-order valence-electron chi connectivity index (χ4n) is 5.60. The highest BCUT2D eigenvalue weighted by Gasteiger charge is 2.52. The summed E-state index contributed by atoms with van der Waals surface area (Å²) in [5.41, 5.74) is 2.03. The molecule has 1 saturated carbocycles. The number of ether oxygens (including phenoxy) is 2. The molecule has 9 heteroatoms. The SMILES string of the molecule is CCC(C)[C@@H]1C(=O)O[C@H]1C(=O)N[C@H]1C[C@H]1[C@H](C)[C@@H](CCc1ccccc1)NC(=O)[C@H](C)NC(=O)OCc1ccccc1. The molecular weight excluding hydrogens is 534 g/mol. The number of amides is 3. The molecule has 1 heterocycles. The van der Waals surface area contributed by atoms with E-state index in [4.69, 9.17) is 9.47 Å². The van der Waals surface area contributed by atoms with Crippen LogP contribution in [0.5, 0.6) is 0 Å². The van der Waals surface area contributed by atoms with Crippen LogP contribution in [-0.2, 0) is 36.9 Å². The first-order valence-electron chi connectivity index (χ1n) is 15.0. The highest BCUT2D eigenvalue weighted by atomic mass is 16.6. The normalized spacial score (nSPS) is 23.7. The van der Waals surface area contributed by atoms with Crippen molar-refractivity contribution in [3.63, 3.8) is 0 Å². The molecule has 2 aromatic rings. The van der Waals surface area contributed by atoms with Crippen LogP contribution < -0.4 is 16.0 Å². The summed E-state index contributed by atoms with van der Waals surface area (Å²) >= 11 is 0. The van der Waals surface area contributed by atoms with Gasteiger partial charge in [-0.3, -0.25) is 14.4 Å². The Morgan fingerprint density at radius 2 is 1.60 bits per heavy atom. The molecule has 8 atom stereocenters. The molecule has 3 N–H and O–H groups in total. The van der Waals surface area contributed by atoms with Gasteiger partial charge in [0, 0.05) is 12.1 Å². The molecule has 3 amide bonds. The van der Waals surface area contributed by atoms with E-state index in [1.165, 1.54) is 5.56 Å². The van der Waals surface area contributed by atoms with Crippen LogP contribution in [0.15, 0.2) is 60.7 Å². The number of aryl methyl sites for hydroxylation is 1. The molecule has 1 saturated heterocycles. The minimum atomic E-state index is -0.791. The first kappa shape index (κ1) is 31.1. The van der Waals surface area contributed by atoms with Crippen LogP contribution in [0.3, 0.4) is 0 Å². The summed E-state index contributed by atoms with van der Waals surface area (Å²) in [6.45, 7) is 7.80. The van der Waals surface area contributed by atoms with Crippen molar-refractivity contribution in [3.05, 3.63) is 71.8 Å². The molecule has 1 unspecified atom stereocenters. The molecule has 9 nitrogen and oxygen atoms in total. The first-order valence-corrected chi connectivity index (χ1v) is 15.0. The minimum absolute atomic E-state index is 0.0379. The Balaban J connectivity index is 1.32. The molecule has 2 aliphatic rings. The molecule has 2 fully saturated rings. The Labute approximate surface area is 248 Å². The number of rotatable bonds is 14. The van der Waals surface area contributed by atoms with Gasteiger partial charge in [-0.25, -0.2) is 4.79 Å². The number of cyclic esters (lactones) is 1. The first-order chi connectivity index (χ1) is 20.2. The van der Waals surface area contributed by atoms with Crippen LogP contribution in [0.4, 0.5) is 4.79 Å². The summed E-state index contributed by atoms with van der Waals surface area (Å²) in [6.07, 6.45) is 1.68. The number of alkyl carbamates (subject to hydrolysis) is 1. The highest BCUT2D eigenvalue weighted by molar-refractivity contribution is 5.94. The van der Waals surface area contributed by atoms with E-state index in [9.17, 15) is 19.2 Å². The van der Waals surface area contributed by atoms with Gasteiger partial charge in [-0.1, -0.05) is 87.9 Å². The van der Waals surface area contributed by atoms with Crippen molar-refractivity contribution in [2.45, 2.75) is 84.2 Å². The summed E-state index contributed by atoms with van der Waals surface area (Å²) in [7, 11) is 0. The summed E-state index contributed by atoms with van der Waals surface area (Å²) in [5.74, 6) is -0.912. The maximum absolute atomic E-state index is 13.2. The van der Waals surface area contributed by atoms with Gasteiger partial charge in [0.2, 0.25) is 5.91 Å². The quantitative estimate of drug-likeness (QED) is 0.290. The van der Waals surface area contributed by atoms with Crippen molar-refractivity contribution in [2.24, 2.45) is 23.7 Å². The third-order valence-electron chi connectivity index (χ3n) is 8.69. The average molecular weight is 578 g/mol. The third-order valence-corrected chi connectivity index (χ3v) is 8.69. The summed E-state index contributed by atoms with van der Waals surface area (Å²) in [4.78, 5) is 50.4. The van der Waals surface area contributed by atoms with Crippen molar-refractivity contribution in [3.8, 4) is 0 Å². The van der Waals surface area contributed by atoms with Gasteiger partial charge >= 0.3 is 12.1 Å². The lowest BCUT2D eigenvalue weighted by Crippen LogP contribution is -2.56. The number of carbonyl (C=O) groups excluding carboxylic acids is 4. The predicted octanol–water partition coefficient (Wildman–Crippen LogP) is 4.15. The van der Waals surface area contributed by atoms with Crippen LogP contribution in [0, 0.1) is 23.7 Å². The Bertz CT molecular complexity index is 1220. The summed E-state index contributed by atoms with van der Waals surface area (Å²) in [5, 5.41) is 8.85. The van der Waals surface area contributed by atoms with Crippen molar-refractivity contribution >= 4 is 23.9 Å². The van der Waals surface area contributed by atoms with Gasteiger partial charge in [-0.05, 0) is 55.1 Å². The number of hydrogen-bond donors (Lipinski definition) is 3. The monoisotopic (exact) mass is 577 g/mol. The van der Waals surface area contributed by atoms with Crippen LogP contribution in [0.2, 0.25) is 0 Å². The smallest absolute Gasteiger partial charge is 0.408 e. The van der Waals surface area contributed by atoms with Gasteiger partial charge in [-0.2, -0.15) is 0 Å². The van der Waals surface area contributed by atoms with Gasteiger partial charge in [0.05, 0.1) is 0 Å². The minimum Gasteiger partial charge on any atom is -0.451 e. The van der Waals surface area contributed by atoms with E-state index < -0.39 is 24.2 Å². The number of esters is 1. The van der Waals surface area contributed by atoms with Crippen molar-refractivity contribution in [1.29, 1.82) is 0 Å². The maximum Gasteiger partial charge on any atom is 0.408 e. The Hall–Kier alpha value is -3.88. The lowest BCUT2D eigenvalue weighted by molar-refractivity contribution is -0.193. The standard InChI is InChI=1S/C33H43N3O6/c1-5-20(2)28-29(42-32(28)39)31(38)36-27-18-25(27)21(3)26(17-16-23-12-8-6-9-13-23)35-30(37)22(4)34-33(40)41-19-24-14-10-7-11-15-24/h6-15,20-22,25-29H,5,16-19H2,1-4H3,(H,34,40)(H,35,37)(H,36,38)/t20?,21-,22-,25-,26+,27-,28-,29+/m0/s1. The average Bonchev–Trinajstić information content (AvgIpc) is 3.76. The van der Waals surface area contributed by atoms with Crippen LogP contribution in [-0.4, -0.2) is 48.1 Å². The molecule has 0 aromatic heterocycles. The highest BCUT2D eigenvalue weighted by Crippen LogP contribution is 2.41. The topological polar surface area (TPSA) is 123 Å². The van der Waals surface area contributed by atoms with Crippen molar-refractivity contribution in [1.82, 2.24) is 16.0 Å². The van der Waals surface area contributed by atoms with E-state index in [0.717, 1.165) is 24.8 Å². The second kappa shape index (κ2) is 14.3. The maximum atomic E-state index is 13.2. The van der Waals surface area contributed by atoms with Gasteiger partial charge in [0.15, 0.2) is 6.10 Å². The molecule has 0 spiro atoms. The lowest BCUT2D eigenvalue weighted by atomic mass is 9.83. The fraction of sp³-hybridized carbons (Fsp3) is 0.515. The second-order valence-corrected chi connectivity index (χ2v) is 11.7. The zero-order valence-electron chi connectivity index (χ0n) is 24.9. The third kappa shape index (κ3) is 8.11. The second-order valence-electron chi connectivity index (χ2n) is 11.7. The van der Waals surface area contributed by atoms with E-state index in [2.05, 4.69) is 35.0 Å². The molecule has 2 aromatic carbocycles. The predicted molar refractivity (Wildman–Crippen MR) is 158 cm³/mol. The van der Waals surface area contributed by atoms with E-state index >= 15 is 0 Å². The Morgan fingerprint density at radius 1 is 0.952 bits per heavy atom. The van der Waals surface area contributed by atoms with Gasteiger partial charge in [0.25, 0.3) is 5.91 Å². The zero-order valence-corrected chi connectivity index (χ0v) is 24.9. The van der Waals surface area contributed by atoms with Crippen LogP contribution >= 0.6 is 0 Å². The molecular formula is C33H43N3O6. The van der Waals surface area contributed by atoms with E-state index in [1.807, 2.05) is 62.4 Å². The molecule has 1 aliphatic carbocycles. The van der Waals surface area contributed by atoms with E-state index in [-0.39, 0.29) is 54.2 Å². The Kier molecular flexibility index (Phi) is 10.6. The van der Waals surface area contributed by atoms with Gasteiger partial charge < -0.3 is 25.4 Å². The molecule has 0 radical (unpaired) electrons. The van der Waals surface area contributed by atoms with E-state index in [1.54, 1.807) is 6.92 Å². The zero-order chi connectivity index (χ0) is 30.2. The Morgan fingerprint density at radius 3 is 2.21 bits per heavy atom. The molecule has 0 bridgehead atoms. The van der Waals surface area contributed by atoms with Crippen molar-refractivity contribution in [2.75, 3.05) is 0 Å². The van der Waals surface area contributed by atoms with Crippen LogP contribution in [0.1, 0.15) is 58.1 Å². The molecule has 4 rings (SSSR count). The summed E-state index contributed by atoms with van der Waals surface area (Å²) in [6, 6.07) is 18.4. The van der Waals surface area contributed by atoms with E-state index in [0.29, 0.717) is 6.42 Å². The largest absolute Gasteiger partial charge is 0.451 e. The van der Waals surface area contributed by atoms with Crippen molar-refractivity contribution < 1.29 is 28.7 Å². The molecule has 42 heavy (non-hydrogen) atoms.